The quantitative estimate of drug-likeness (QED) is 0.858. The lowest BCUT2D eigenvalue weighted by molar-refractivity contribution is 0.0886. The Hall–Kier alpha value is -0.580. The Balaban J connectivity index is 2.78. The molecule has 1 aromatic carbocycles. The van der Waals surface area contributed by atoms with Crippen molar-refractivity contribution in [1.29, 1.82) is 0 Å². The molecule has 114 valence electrons. The van der Waals surface area contributed by atoms with Crippen molar-refractivity contribution in [2.45, 2.75) is 52.3 Å². The number of nitrogens with one attached hydrogen (secondary N) is 1. The molecule has 0 radical (unpaired) electrons. The first-order chi connectivity index (χ1) is 8.98. The Bertz CT molecular complexity index is 447. The van der Waals surface area contributed by atoms with Gasteiger partial charge in [-0.3, -0.25) is 0 Å². The van der Waals surface area contributed by atoms with Gasteiger partial charge in [0.1, 0.15) is 0 Å². The third-order valence-electron chi connectivity index (χ3n) is 2.87. The first-order valence-electron chi connectivity index (χ1n) is 6.95. The highest BCUT2D eigenvalue weighted by Gasteiger charge is 2.17. The first kappa shape index (κ1) is 17.5. The highest BCUT2D eigenvalue weighted by Crippen LogP contribution is 2.27. The second-order valence-corrected chi connectivity index (χ2v) is 7.91. The molecule has 20 heavy (non-hydrogen) atoms. The molecule has 0 aliphatic carbocycles. The van der Waals surface area contributed by atoms with E-state index in [4.69, 9.17) is 0 Å². The summed E-state index contributed by atoms with van der Waals surface area (Å²) in [6.07, 6.45) is 0. The van der Waals surface area contributed by atoms with Crippen LogP contribution < -0.4 is 10.2 Å². The van der Waals surface area contributed by atoms with E-state index in [0.29, 0.717) is 6.54 Å². The molecule has 2 N–H and O–H groups in total. The van der Waals surface area contributed by atoms with Crippen LogP contribution in [0.1, 0.15) is 40.2 Å². The maximum atomic E-state index is 9.90. The van der Waals surface area contributed by atoms with Gasteiger partial charge >= 0.3 is 0 Å². The van der Waals surface area contributed by atoms with Crippen LogP contribution in [0.3, 0.4) is 0 Å². The zero-order valence-corrected chi connectivity index (χ0v) is 15.0. The van der Waals surface area contributed by atoms with Crippen LogP contribution in [-0.4, -0.2) is 29.8 Å². The van der Waals surface area contributed by atoms with Crippen LogP contribution in [0.4, 0.5) is 5.69 Å². The summed E-state index contributed by atoms with van der Waals surface area (Å²) in [6.45, 7) is 11.6. The lowest BCUT2D eigenvalue weighted by atomic mass is 10.1. The second-order valence-electron chi connectivity index (χ2n) is 7.06. The van der Waals surface area contributed by atoms with Crippen LogP contribution in [0.25, 0.3) is 0 Å². The second kappa shape index (κ2) is 6.46. The smallest absolute Gasteiger partial charge is 0.0765 e. The Morgan fingerprint density at radius 3 is 2.25 bits per heavy atom. The van der Waals surface area contributed by atoms with Gasteiger partial charge in [0, 0.05) is 30.1 Å². The zero-order chi connectivity index (χ0) is 15.6. The number of benzene rings is 1. The highest BCUT2D eigenvalue weighted by atomic mass is 79.9. The van der Waals surface area contributed by atoms with Crippen LogP contribution in [-0.2, 0) is 6.54 Å². The van der Waals surface area contributed by atoms with E-state index in [2.05, 4.69) is 65.1 Å². The molecular weight excluding hydrogens is 316 g/mol. The molecule has 0 amide bonds. The molecule has 0 unspecified atom stereocenters. The zero-order valence-electron chi connectivity index (χ0n) is 13.4. The Kier molecular flexibility index (Phi) is 5.64. The predicted molar refractivity (Wildman–Crippen MR) is 90.3 cm³/mol. The van der Waals surface area contributed by atoms with E-state index in [9.17, 15) is 5.11 Å². The topological polar surface area (TPSA) is 35.5 Å². The minimum atomic E-state index is -0.708. The number of nitrogens with zero attached hydrogens (tertiary/aromatic N) is 1. The highest BCUT2D eigenvalue weighted by molar-refractivity contribution is 9.10. The number of hydrogen-bond donors (Lipinski definition) is 2. The summed E-state index contributed by atoms with van der Waals surface area (Å²) in [5.41, 5.74) is 1.74. The van der Waals surface area contributed by atoms with Crippen LogP contribution in [0.5, 0.6) is 0 Å². The van der Waals surface area contributed by atoms with Crippen molar-refractivity contribution >= 4 is 21.6 Å². The number of likely N-dealkylation sites (N-methyl/N-ethyl adjacent to an activating group) is 1. The van der Waals surface area contributed by atoms with Crippen molar-refractivity contribution < 1.29 is 5.11 Å². The van der Waals surface area contributed by atoms with Gasteiger partial charge in [0.15, 0.2) is 0 Å². The Labute approximate surface area is 131 Å². The number of aliphatic hydroxyl groups is 1. The summed E-state index contributed by atoms with van der Waals surface area (Å²) in [5, 5.41) is 13.4. The lowest BCUT2D eigenvalue weighted by Crippen LogP contribution is -2.36. The maximum Gasteiger partial charge on any atom is 0.0765 e. The number of hydrogen-bond acceptors (Lipinski definition) is 3. The van der Waals surface area contributed by atoms with Crippen molar-refractivity contribution in [3.8, 4) is 0 Å². The van der Waals surface area contributed by atoms with E-state index < -0.39 is 5.60 Å². The third-order valence-corrected chi connectivity index (χ3v) is 3.51. The van der Waals surface area contributed by atoms with E-state index in [0.717, 1.165) is 16.7 Å². The van der Waals surface area contributed by atoms with E-state index in [1.54, 1.807) is 0 Å². The van der Waals surface area contributed by atoms with E-state index >= 15 is 0 Å². The average molecular weight is 343 g/mol. The minimum Gasteiger partial charge on any atom is -0.389 e. The van der Waals surface area contributed by atoms with Crippen molar-refractivity contribution in [2.75, 3.05) is 18.5 Å². The normalized spacial score (nSPS) is 12.6. The fraction of sp³-hybridized carbons (Fsp3) is 0.625. The van der Waals surface area contributed by atoms with Crippen LogP contribution >= 0.6 is 15.9 Å². The van der Waals surface area contributed by atoms with Gasteiger partial charge in [-0.2, -0.15) is 0 Å². The maximum absolute atomic E-state index is 9.90. The molecule has 1 rings (SSSR count). The number of rotatable bonds is 5. The molecule has 0 fully saturated rings. The number of halogens is 1. The van der Waals surface area contributed by atoms with Gasteiger partial charge in [-0.05, 0) is 68.2 Å². The molecule has 0 bridgehead atoms. The van der Waals surface area contributed by atoms with Gasteiger partial charge in [0.2, 0.25) is 0 Å². The van der Waals surface area contributed by atoms with Crippen molar-refractivity contribution in [3.05, 3.63) is 28.2 Å². The van der Waals surface area contributed by atoms with Gasteiger partial charge in [-0.15, -0.1) is 0 Å². The molecule has 0 aromatic heterocycles. The third kappa shape index (κ3) is 6.25. The number of anilines is 1. The predicted octanol–water partition coefficient (Wildman–Crippen LogP) is 3.54. The van der Waals surface area contributed by atoms with Gasteiger partial charge in [-0.1, -0.05) is 6.07 Å². The van der Waals surface area contributed by atoms with Crippen LogP contribution in [0.2, 0.25) is 0 Å². The monoisotopic (exact) mass is 342 g/mol. The molecule has 0 saturated carbocycles. The van der Waals surface area contributed by atoms with E-state index in [1.165, 1.54) is 5.56 Å². The van der Waals surface area contributed by atoms with Gasteiger partial charge in [0.05, 0.1) is 11.3 Å². The molecule has 1 aromatic rings. The average Bonchev–Trinajstić information content (AvgIpc) is 2.22. The van der Waals surface area contributed by atoms with E-state index in [-0.39, 0.29) is 5.54 Å². The van der Waals surface area contributed by atoms with Gasteiger partial charge in [0.25, 0.3) is 0 Å². The van der Waals surface area contributed by atoms with Crippen molar-refractivity contribution in [1.82, 2.24) is 5.32 Å². The molecule has 0 spiro atoms. The molecule has 4 heteroatoms. The fourth-order valence-corrected chi connectivity index (χ4v) is 2.73. The van der Waals surface area contributed by atoms with Crippen LogP contribution in [0, 0.1) is 0 Å². The van der Waals surface area contributed by atoms with E-state index in [1.807, 2.05) is 20.9 Å². The molecular formula is C16H27BrN2O. The molecule has 0 atom stereocenters. The van der Waals surface area contributed by atoms with Gasteiger partial charge < -0.3 is 15.3 Å². The SMILES string of the molecule is CN(CC(C)(C)O)c1ccc(CNC(C)(C)C)cc1Br. The summed E-state index contributed by atoms with van der Waals surface area (Å²) >= 11 is 3.62. The molecule has 0 aliphatic heterocycles. The summed E-state index contributed by atoms with van der Waals surface area (Å²) in [7, 11) is 1.99. The largest absolute Gasteiger partial charge is 0.389 e. The summed E-state index contributed by atoms with van der Waals surface area (Å²) < 4.78 is 1.05. The first-order valence-corrected chi connectivity index (χ1v) is 7.74. The summed E-state index contributed by atoms with van der Waals surface area (Å²) in [4.78, 5) is 2.06. The molecule has 0 aliphatic rings. The van der Waals surface area contributed by atoms with Crippen LogP contribution in [0.15, 0.2) is 22.7 Å². The summed E-state index contributed by atoms with van der Waals surface area (Å²) in [5.74, 6) is 0. The summed E-state index contributed by atoms with van der Waals surface area (Å²) in [6, 6.07) is 6.35. The Morgan fingerprint density at radius 1 is 1.20 bits per heavy atom. The standard InChI is InChI=1S/C16H27BrN2O/c1-15(2,3)18-10-12-7-8-14(13(17)9-12)19(6)11-16(4,5)20/h7-9,18,20H,10-11H2,1-6H3. The lowest BCUT2D eigenvalue weighted by Gasteiger charge is -2.28. The minimum absolute atomic E-state index is 0.114. The van der Waals surface area contributed by atoms with Crippen molar-refractivity contribution in [2.24, 2.45) is 0 Å². The molecule has 0 saturated heterocycles. The fourth-order valence-electron chi connectivity index (χ4n) is 2.00. The molecule has 3 nitrogen and oxygen atoms in total. The van der Waals surface area contributed by atoms with Gasteiger partial charge in [-0.25, -0.2) is 0 Å². The molecule has 0 heterocycles. The Morgan fingerprint density at radius 2 is 1.80 bits per heavy atom. The van der Waals surface area contributed by atoms with Crippen molar-refractivity contribution in [3.63, 3.8) is 0 Å².